The maximum Gasteiger partial charge on any atom is 0.407 e. The van der Waals surface area contributed by atoms with Gasteiger partial charge in [0, 0.05) is 24.9 Å². The Kier molecular flexibility index (Phi) is 6.70. The van der Waals surface area contributed by atoms with E-state index in [0.717, 1.165) is 11.1 Å². The average molecular weight is 438 g/mol. The summed E-state index contributed by atoms with van der Waals surface area (Å²) in [5, 5.41) is 14.0. The predicted octanol–water partition coefficient (Wildman–Crippen LogP) is 2.38. The van der Waals surface area contributed by atoms with Crippen molar-refractivity contribution in [3.05, 3.63) is 59.7 Å². The Balaban J connectivity index is 1.18. The minimum absolute atomic E-state index is 0.0101. The van der Waals surface area contributed by atoms with Crippen LogP contribution in [0.2, 0.25) is 0 Å². The summed E-state index contributed by atoms with van der Waals surface area (Å²) < 4.78 is 10.4. The lowest BCUT2D eigenvalue weighted by Crippen LogP contribution is -2.32. The second-order valence-electron chi connectivity index (χ2n) is 8.05. The monoisotopic (exact) mass is 438 g/mol. The first-order valence-electron chi connectivity index (χ1n) is 10.7. The van der Waals surface area contributed by atoms with Gasteiger partial charge in [-0.1, -0.05) is 48.5 Å². The third-order valence-corrected chi connectivity index (χ3v) is 5.88. The molecule has 0 aromatic heterocycles. The largest absolute Gasteiger partial charge is 0.480 e. The maximum absolute atomic E-state index is 12.2. The van der Waals surface area contributed by atoms with E-state index in [1.807, 2.05) is 24.3 Å². The second kappa shape index (κ2) is 9.82. The van der Waals surface area contributed by atoms with Gasteiger partial charge in [0.2, 0.25) is 5.91 Å². The number of fused-ring (bicyclic) bond motifs is 3. The SMILES string of the molecule is O=C(O)COCCNC(=O)[C@H]1C[C@H]1CNC(=O)OCC1c2ccccc2-c2ccccc21. The van der Waals surface area contributed by atoms with Gasteiger partial charge in [0.25, 0.3) is 0 Å². The van der Waals surface area contributed by atoms with Gasteiger partial charge in [-0.15, -0.1) is 0 Å². The number of hydrogen-bond donors (Lipinski definition) is 3. The van der Waals surface area contributed by atoms with E-state index >= 15 is 0 Å². The van der Waals surface area contributed by atoms with Crippen LogP contribution in [0, 0.1) is 11.8 Å². The number of aliphatic carboxylic acids is 1. The van der Waals surface area contributed by atoms with E-state index in [2.05, 4.69) is 34.9 Å². The van der Waals surface area contributed by atoms with Crippen LogP contribution in [0.25, 0.3) is 11.1 Å². The summed E-state index contributed by atoms with van der Waals surface area (Å²) in [5.41, 5.74) is 4.68. The molecule has 0 aliphatic heterocycles. The highest BCUT2D eigenvalue weighted by molar-refractivity contribution is 5.82. The van der Waals surface area contributed by atoms with E-state index in [1.54, 1.807) is 0 Å². The average Bonchev–Trinajstić information content (AvgIpc) is 3.51. The fourth-order valence-electron chi connectivity index (χ4n) is 4.20. The van der Waals surface area contributed by atoms with Crippen molar-refractivity contribution in [2.75, 3.05) is 32.9 Å². The van der Waals surface area contributed by atoms with Crippen molar-refractivity contribution in [1.82, 2.24) is 10.6 Å². The molecule has 0 radical (unpaired) electrons. The van der Waals surface area contributed by atoms with Crippen LogP contribution in [0.4, 0.5) is 4.79 Å². The quantitative estimate of drug-likeness (QED) is 0.491. The van der Waals surface area contributed by atoms with Gasteiger partial charge in [-0.3, -0.25) is 4.79 Å². The number of ether oxygens (including phenoxy) is 2. The topological polar surface area (TPSA) is 114 Å². The molecule has 1 fully saturated rings. The summed E-state index contributed by atoms with van der Waals surface area (Å²) in [6.07, 6.45) is 0.214. The summed E-state index contributed by atoms with van der Waals surface area (Å²) in [6.45, 7) is 0.656. The lowest BCUT2D eigenvalue weighted by molar-refractivity contribution is -0.142. The Labute approximate surface area is 185 Å². The van der Waals surface area contributed by atoms with Gasteiger partial charge < -0.3 is 25.2 Å². The Bertz CT molecular complexity index is 962. The molecule has 3 N–H and O–H groups in total. The van der Waals surface area contributed by atoms with Crippen LogP contribution in [0.15, 0.2) is 48.5 Å². The highest BCUT2D eigenvalue weighted by atomic mass is 16.5. The zero-order chi connectivity index (χ0) is 22.5. The first-order valence-corrected chi connectivity index (χ1v) is 10.7. The zero-order valence-corrected chi connectivity index (χ0v) is 17.6. The first-order chi connectivity index (χ1) is 15.5. The molecule has 2 aromatic carbocycles. The van der Waals surface area contributed by atoms with Gasteiger partial charge in [0.05, 0.1) is 6.61 Å². The van der Waals surface area contributed by atoms with Gasteiger partial charge in [0.15, 0.2) is 0 Å². The highest BCUT2D eigenvalue weighted by Crippen LogP contribution is 2.44. The van der Waals surface area contributed by atoms with Gasteiger partial charge >= 0.3 is 12.1 Å². The zero-order valence-electron chi connectivity index (χ0n) is 17.6. The van der Waals surface area contributed by atoms with Crippen LogP contribution in [0.5, 0.6) is 0 Å². The fraction of sp³-hybridized carbons (Fsp3) is 0.375. The molecule has 0 bridgehead atoms. The lowest BCUT2D eigenvalue weighted by Gasteiger charge is -2.14. The highest BCUT2D eigenvalue weighted by Gasteiger charge is 2.42. The number of carboxylic acids is 1. The molecular formula is C24H26N2O6. The Morgan fingerprint density at radius 1 is 0.969 bits per heavy atom. The maximum atomic E-state index is 12.2. The summed E-state index contributed by atoms with van der Waals surface area (Å²) in [6, 6.07) is 16.3. The van der Waals surface area contributed by atoms with Crippen LogP contribution < -0.4 is 10.6 Å². The molecule has 168 valence electrons. The number of carboxylic acid groups (broad SMARTS) is 1. The van der Waals surface area contributed by atoms with Crippen LogP contribution in [-0.2, 0) is 19.1 Å². The van der Waals surface area contributed by atoms with E-state index in [1.165, 1.54) is 11.1 Å². The number of alkyl carbamates (subject to hydrolysis) is 1. The smallest absolute Gasteiger partial charge is 0.407 e. The molecule has 0 unspecified atom stereocenters. The number of nitrogens with one attached hydrogen (secondary N) is 2. The van der Waals surface area contributed by atoms with Crippen LogP contribution >= 0.6 is 0 Å². The number of carbonyl (C=O) groups excluding carboxylic acids is 2. The molecule has 2 aliphatic rings. The summed E-state index contributed by atoms with van der Waals surface area (Å²) in [7, 11) is 0. The summed E-state index contributed by atoms with van der Waals surface area (Å²) in [4.78, 5) is 34.7. The van der Waals surface area contributed by atoms with Crippen molar-refractivity contribution in [2.45, 2.75) is 12.3 Å². The molecule has 4 rings (SSSR count). The van der Waals surface area contributed by atoms with Crippen LogP contribution in [0.3, 0.4) is 0 Å². The van der Waals surface area contributed by atoms with Gasteiger partial charge in [-0.25, -0.2) is 9.59 Å². The normalized spacial score (nSPS) is 18.4. The summed E-state index contributed by atoms with van der Waals surface area (Å²) in [5.74, 6) is -1.21. The Hall–Kier alpha value is -3.39. The third kappa shape index (κ3) is 5.08. The van der Waals surface area contributed by atoms with E-state index in [9.17, 15) is 14.4 Å². The minimum atomic E-state index is -1.04. The van der Waals surface area contributed by atoms with E-state index in [-0.39, 0.29) is 50.0 Å². The number of carbonyl (C=O) groups is 3. The molecule has 2 aromatic rings. The van der Waals surface area contributed by atoms with Crippen LogP contribution in [-0.4, -0.2) is 56.0 Å². The lowest BCUT2D eigenvalue weighted by atomic mass is 9.98. The molecule has 32 heavy (non-hydrogen) atoms. The van der Waals surface area contributed by atoms with Crippen molar-refractivity contribution in [3.8, 4) is 11.1 Å². The molecule has 2 amide bonds. The van der Waals surface area contributed by atoms with Gasteiger partial charge in [-0.05, 0) is 34.6 Å². The van der Waals surface area contributed by atoms with E-state index < -0.39 is 12.1 Å². The minimum Gasteiger partial charge on any atom is -0.480 e. The summed E-state index contributed by atoms with van der Waals surface area (Å²) >= 11 is 0. The van der Waals surface area contributed by atoms with Gasteiger partial charge in [0.1, 0.15) is 13.2 Å². The molecular weight excluding hydrogens is 412 g/mol. The number of rotatable bonds is 10. The molecule has 2 atom stereocenters. The van der Waals surface area contributed by atoms with Crippen molar-refractivity contribution in [2.24, 2.45) is 11.8 Å². The molecule has 8 nitrogen and oxygen atoms in total. The standard InChI is InChI=1S/C24H26N2O6/c27-22(28)14-31-10-9-25-23(29)20-11-15(20)12-26-24(30)32-13-21-18-7-3-1-5-16(18)17-6-2-4-8-19(17)21/h1-8,15,20-21H,9-14H2,(H,25,29)(H,26,30)(H,27,28)/t15-,20-/m0/s1. The number of hydrogen-bond acceptors (Lipinski definition) is 5. The first kappa shape index (κ1) is 21.8. The number of amides is 2. The van der Waals surface area contributed by atoms with Crippen molar-refractivity contribution in [3.63, 3.8) is 0 Å². The Morgan fingerprint density at radius 3 is 2.28 bits per heavy atom. The molecule has 2 aliphatic carbocycles. The van der Waals surface area contributed by atoms with Crippen LogP contribution in [0.1, 0.15) is 23.5 Å². The van der Waals surface area contributed by atoms with Crippen molar-refractivity contribution in [1.29, 1.82) is 0 Å². The van der Waals surface area contributed by atoms with Crippen molar-refractivity contribution < 1.29 is 29.0 Å². The molecule has 0 spiro atoms. The fourth-order valence-corrected chi connectivity index (χ4v) is 4.20. The molecule has 0 heterocycles. The molecule has 0 saturated heterocycles. The van der Waals surface area contributed by atoms with E-state index in [0.29, 0.717) is 13.0 Å². The predicted molar refractivity (Wildman–Crippen MR) is 116 cm³/mol. The molecule has 8 heteroatoms. The van der Waals surface area contributed by atoms with E-state index in [4.69, 9.17) is 14.6 Å². The van der Waals surface area contributed by atoms with Crippen molar-refractivity contribution >= 4 is 18.0 Å². The number of benzene rings is 2. The molecule has 1 saturated carbocycles. The third-order valence-electron chi connectivity index (χ3n) is 5.88. The second-order valence-corrected chi connectivity index (χ2v) is 8.05. The van der Waals surface area contributed by atoms with Gasteiger partial charge in [-0.2, -0.15) is 0 Å². The Morgan fingerprint density at radius 2 is 1.62 bits per heavy atom.